The first kappa shape index (κ1) is 21.9. The van der Waals surface area contributed by atoms with E-state index in [2.05, 4.69) is 4.72 Å². The summed E-state index contributed by atoms with van der Waals surface area (Å²) in [6.45, 7) is -0.398. The fraction of sp³-hybridized carbons (Fsp3) is 0.263. The maximum Gasteiger partial charge on any atom is 0.263 e. The molecule has 0 radical (unpaired) electrons. The predicted octanol–water partition coefficient (Wildman–Crippen LogP) is 1.62. The van der Waals surface area contributed by atoms with E-state index in [0.29, 0.717) is 17.9 Å². The SMILES string of the molecule is COc1ccc(CC2Sc3ccc(NS(C)(=O)=O)cc3N(CC(=O)NO)C2=O)cc1. The smallest absolute Gasteiger partial charge is 0.263 e. The summed E-state index contributed by atoms with van der Waals surface area (Å²) in [5.41, 5.74) is 3.12. The number of ether oxygens (including phenoxy) is 1. The van der Waals surface area contributed by atoms with Crippen molar-refractivity contribution in [3.8, 4) is 5.75 Å². The second-order valence-electron chi connectivity index (χ2n) is 6.67. The third-order valence-electron chi connectivity index (χ3n) is 4.37. The summed E-state index contributed by atoms with van der Waals surface area (Å²) in [5, 5.41) is 8.42. The van der Waals surface area contributed by atoms with Gasteiger partial charge in [-0.25, -0.2) is 13.9 Å². The van der Waals surface area contributed by atoms with Crippen molar-refractivity contribution in [2.75, 3.05) is 29.5 Å². The van der Waals surface area contributed by atoms with Gasteiger partial charge in [-0.2, -0.15) is 0 Å². The van der Waals surface area contributed by atoms with Crippen LogP contribution in [0.5, 0.6) is 5.75 Å². The highest BCUT2D eigenvalue weighted by molar-refractivity contribution is 8.01. The molecule has 2 amide bonds. The van der Waals surface area contributed by atoms with Crippen molar-refractivity contribution < 1.29 is 28.0 Å². The van der Waals surface area contributed by atoms with Crippen molar-refractivity contribution in [1.29, 1.82) is 0 Å². The van der Waals surface area contributed by atoms with Gasteiger partial charge in [-0.15, -0.1) is 11.8 Å². The highest BCUT2D eigenvalue weighted by Crippen LogP contribution is 2.41. The van der Waals surface area contributed by atoms with Gasteiger partial charge in [0.25, 0.3) is 5.91 Å². The molecule has 1 aliphatic heterocycles. The minimum absolute atomic E-state index is 0.271. The van der Waals surface area contributed by atoms with Gasteiger partial charge in [0, 0.05) is 4.90 Å². The van der Waals surface area contributed by atoms with E-state index in [1.165, 1.54) is 28.2 Å². The Balaban J connectivity index is 1.92. The monoisotopic (exact) mass is 451 g/mol. The largest absolute Gasteiger partial charge is 0.497 e. The number of methoxy groups -OCH3 is 1. The van der Waals surface area contributed by atoms with Crippen molar-refractivity contribution in [1.82, 2.24) is 5.48 Å². The zero-order chi connectivity index (χ0) is 21.9. The van der Waals surface area contributed by atoms with Crippen molar-refractivity contribution in [3.05, 3.63) is 48.0 Å². The highest BCUT2D eigenvalue weighted by atomic mass is 32.2. The van der Waals surface area contributed by atoms with Crippen LogP contribution >= 0.6 is 11.8 Å². The molecule has 0 fully saturated rings. The lowest BCUT2D eigenvalue weighted by atomic mass is 10.1. The van der Waals surface area contributed by atoms with E-state index in [4.69, 9.17) is 9.94 Å². The molecule has 0 aliphatic carbocycles. The van der Waals surface area contributed by atoms with E-state index < -0.39 is 27.7 Å². The van der Waals surface area contributed by atoms with Gasteiger partial charge in [0.2, 0.25) is 15.9 Å². The number of hydrogen-bond donors (Lipinski definition) is 3. The molecule has 1 heterocycles. The normalized spacial score (nSPS) is 16.0. The number of nitrogens with one attached hydrogen (secondary N) is 2. The van der Waals surface area contributed by atoms with Gasteiger partial charge < -0.3 is 9.64 Å². The van der Waals surface area contributed by atoms with E-state index >= 15 is 0 Å². The number of hydrogen-bond acceptors (Lipinski definition) is 7. The van der Waals surface area contributed by atoms with E-state index in [9.17, 15) is 18.0 Å². The van der Waals surface area contributed by atoms with Gasteiger partial charge in [-0.3, -0.25) is 19.5 Å². The van der Waals surface area contributed by atoms with Gasteiger partial charge in [0.15, 0.2) is 0 Å². The molecule has 3 N–H and O–H groups in total. The van der Waals surface area contributed by atoms with Gasteiger partial charge in [-0.1, -0.05) is 12.1 Å². The topological polar surface area (TPSA) is 125 Å². The Bertz CT molecular complexity index is 1060. The van der Waals surface area contributed by atoms with Crippen LogP contribution in [0.4, 0.5) is 11.4 Å². The zero-order valence-electron chi connectivity index (χ0n) is 16.3. The lowest BCUT2D eigenvalue weighted by molar-refractivity contribution is -0.129. The maximum atomic E-state index is 13.1. The first-order chi connectivity index (χ1) is 14.2. The number of hydroxylamine groups is 1. The lowest BCUT2D eigenvalue weighted by Gasteiger charge is -2.33. The van der Waals surface area contributed by atoms with E-state index in [-0.39, 0.29) is 11.6 Å². The number of rotatable bonds is 7. The molecule has 11 heteroatoms. The number of carbonyl (C=O) groups is 2. The molecule has 3 rings (SSSR count). The Morgan fingerprint density at radius 3 is 2.53 bits per heavy atom. The van der Waals surface area contributed by atoms with E-state index in [1.54, 1.807) is 31.4 Å². The fourth-order valence-electron chi connectivity index (χ4n) is 3.05. The predicted molar refractivity (Wildman–Crippen MR) is 114 cm³/mol. The average molecular weight is 452 g/mol. The maximum absolute atomic E-state index is 13.1. The van der Waals surface area contributed by atoms with E-state index in [1.807, 2.05) is 12.1 Å². The molecule has 1 atom stereocenters. The van der Waals surface area contributed by atoms with Crippen LogP contribution in [-0.4, -0.2) is 50.6 Å². The number of anilines is 2. The molecule has 1 unspecified atom stereocenters. The molecule has 160 valence electrons. The summed E-state index contributed by atoms with van der Waals surface area (Å²) in [7, 11) is -1.94. The van der Waals surface area contributed by atoms with Crippen LogP contribution in [0.1, 0.15) is 5.56 Å². The number of benzene rings is 2. The third kappa shape index (κ3) is 5.23. The van der Waals surface area contributed by atoms with Crippen LogP contribution < -0.4 is 19.8 Å². The Morgan fingerprint density at radius 2 is 1.93 bits per heavy atom. The minimum atomic E-state index is -3.51. The molecule has 9 nitrogen and oxygen atoms in total. The van der Waals surface area contributed by atoms with Gasteiger partial charge in [0.05, 0.1) is 30.0 Å². The first-order valence-electron chi connectivity index (χ1n) is 8.86. The molecular formula is C19H21N3O6S2. The van der Waals surface area contributed by atoms with Crippen LogP contribution in [0.3, 0.4) is 0 Å². The summed E-state index contributed by atoms with van der Waals surface area (Å²) in [6, 6.07) is 12.1. The molecule has 0 aromatic heterocycles. The minimum Gasteiger partial charge on any atom is -0.497 e. The fourth-order valence-corrected chi connectivity index (χ4v) is 4.85. The average Bonchev–Trinajstić information content (AvgIpc) is 2.70. The standard InChI is InChI=1S/C19H21N3O6S2/c1-28-14-6-3-12(4-7-14)9-17-19(24)22(11-18(23)20-25)15-10-13(21-30(2,26)27)5-8-16(15)29-17/h3-8,10,17,21,25H,9,11H2,1-2H3,(H,20,23). The van der Waals surface area contributed by atoms with E-state index in [0.717, 1.165) is 16.7 Å². The van der Waals surface area contributed by atoms with Gasteiger partial charge in [0.1, 0.15) is 12.3 Å². The van der Waals surface area contributed by atoms with Crippen LogP contribution in [0, 0.1) is 0 Å². The van der Waals surface area contributed by atoms with Crippen LogP contribution in [-0.2, 0) is 26.0 Å². The summed E-state index contributed by atoms with van der Waals surface area (Å²) in [5.74, 6) is -0.367. The van der Waals surface area contributed by atoms with Crippen molar-refractivity contribution in [2.24, 2.45) is 0 Å². The number of sulfonamides is 1. The van der Waals surface area contributed by atoms with Crippen molar-refractivity contribution in [3.63, 3.8) is 0 Å². The second kappa shape index (κ2) is 8.94. The Labute approximate surface area is 178 Å². The highest BCUT2D eigenvalue weighted by Gasteiger charge is 2.35. The van der Waals surface area contributed by atoms with Crippen molar-refractivity contribution in [2.45, 2.75) is 16.6 Å². The number of carbonyl (C=O) groups excluding carboxylic acids is 2. The summed E-state index contributed by atoms with van der Waals surface area (Å²) >= 11 is 1.34. The number of nitrogens with zero attached hydrogens (tertiary/aromatic N) is 1. The Morgan fingerprint density at radius 1 is 1.23 bits per heavy atom. The molecule has 0 saturated heterocycles. The number of fused-ring (bicyclic) bond motifs is 1. The lowest BCUT2D eigenvalue weighted by Crippen LogP contribution is -2.46. The van der Waals surface area contributed by atoms with Crippen LogP contribution in [0.2, 0.25) is 0 Å². The van der Waals surface area contributed by atoms with Gasteiger partial charge in [-0.05, 0) is 42.3 Å². The molecule has 0 bridgehead atoms. The first-order valence-corrected chi connectivity index (χ1v) is 11.6. The number of thioether (sulfide) groups is 1. The summed E-state index contributed by atoms with van der Waals surface area (Å²) < 4.78 is 30.6. The summed E-state index contributed by atoms with van der Waals surface area (Å²) in [6.07, 6.45) is 1.45. The molecule has 0 saturated carbocycles. The van der Waals surface area contributed by atoms with Crippen LogP contribution in [0.15, 0.2) is 47.4 Å². The quantitative estimate of drug-likeness (QED) is 0.431. The third-order valence-corrected chi connectivity index (χ3v) is 6.23. The van der Waals surface area contributed by atoms with Crippen LogP contribution in [0.25, 0.3) is 0 Å². The summed E-state index contributed by atoms with van der Waals surface area (Å²) in [4.78, 5) is 26.9. The molecule has 2 aromatic carbocycles. The Kier molecular flexibility index (Phi) is 6.54. The zero-order valence-corrected chi connectivity index (χ0v) is 17.9. The number of amides is 2. The second-order valence-corrected chi connectivity index (χ2v) is 9.67. The molecule has 30 heavy (non-hydrogen) atoms. The molecular weight excluding hydrogens is 430 g/mol. The Hall–Kier alpha value is -2.76. The van der Waals surface area contributed by atoms with Crippen molar-refractivity contribution >= 4 is 45.0 Å². The molecule has 0 spiro atoms. The molecule has 1 aliphatic rings. The van der Waals surface area contributed by atoms with Gasteiger partial charge >= 0.3 is 0 Å². The molecule has 2 aromatic rings.